The number of halogens is 3. The first kappa shape index (κ1) is 19.4. The molecule has 0 aliphatic carbocycles. The van der Waals surface area contributed by atoms with Gasteiger partial charge in [0.2, 0.25) is 0 Å². The van der Waals surface area contributed by atoms with Gasteiger partial charge in [-0.2, -0.15) is 8.78 Å². The van der Waals surface area contributed by atoms with E-state index >= 15 is 0 Å². The molecule has 120 valence electrons. The van der Waals surface area contributed by atoms with Crippen molar-refractivity contribution in [2.24, 2.45) is 5.73 Å². The maximum Gasteiger partial charge on any atom is 0.379 e. The number of ether oxygens (including phenoxy) is 3. The summed E-state index contributed by atoms with van der Waals surface area (Å²) in [5.74, 6) is -5.22. The van der Waals surface area contributed by atoms with Crippen molar-refractivity contribution in [3.05, 3.63) is 23.8 Å². The molecular formula is C13H18ClF2NO4. The van der Waals surface area contributed by atoms with E-state index in [1.807, 2.05) is 0 Å². The van der Waals surface area contributed by atoms with E-state index in [9.17, 15) is 13.6 Å². The molecule has 21 heavy (non-hydrogen) atoms. The number of para-hydroxylation sites is 1. The Morgan fingerprint density at radius 1 is 1.33 bits per heavy atom. The van der Waals surface area contributed by atoms with Gasteiger partial charge in [0.05, 0.1) is 20.8 Å². The van der Waals surface area contributed by atoms with Gasteiger partial charge < -0.3 is 19.9 Å². The number of hydrogen-bond donors (Lipinski definition) is 1. The Morgan fingerprint density at radius 2 is 1.95 bits per heavy atom. The molecule has 0 saturated heterocycles. The van der Waals surface area contributed by atoms with Crippen LogP contribution < -0.4 is 15.2 Å². The number of alkyl halides is 2. The molecule has 1 rings (SSSR count). The number of nitrogens with two attached hydrogens (primary N) is 1. The van der Waals surface area contributed by atoms with E-state index in [0.717, 1.165) is 0 Å². The van der Waals surface area contributed by atoms with Crippen LogP contribution in [0.5, 0.6) is 11.5 Å². The number of carbonyl (C=O) groups is 1. The highest BCUT2D eigenvalue weighted by Gasteiger charge is 2.49. The van der Waals surface area contributed by atoms with Crippen LogP contribution in [0.3, 0.4) is 0 Å². The molecule has 0 aliphatic rings. The summed E-state index contributed by atoms with van der Waals surface area (Å²) in [7, 11) is 2.67. The summed E-state index contributed by atoms with van der Waals surface area (Å²) in [5.41, 5.74) is 5.48. The fraction of sp³-hybridized carbons (Fsp3) is 0.462. The fourth-order valence-corrected chi connectivity index (χ4v) is 1.71. The van der Waals surface area contributed by atoms with E-state index in [1.54, 1.807) is 0 Å². The van der Waals surface area contributed by atoms with Gasteiger partial charge in [-0.25, -0.2) is 4.79 Å². The summed E-state index contributed by atoms with van der Waals surface area (Å²) >= 11 is 0. The fourth-order valence-electron chi connectivity index (χ4n) is 1.71. The SMILES string of the molecule is CCOC(=O)C(F)(F)[C@@H](N)c1cccc(OC)c1OC.Cl. The van der Waals surface area contributed by atoms with Crippen molar-refractivity contribution in [3.63, 3.8) is 0 Å². The summed E-state index contributed by atoms with van der Waals surface area (Å²) in [6.45, 7) is 1.28. The number of hydrogen-bond acceptors (Lipinski definition) is 5. The Labute approximate surface area is 127 Å². The van der Waals surface area contributed by atoms with Crippen molar-refractivity contribution >= 4 is 18.4 Å². The van der Waals surface area contributed by atoms with Crippen LogP contribution in [-0.4, -0.2) is 32.7 Å². The third-order valence-corrected chi connectivity index (χ3v) is 2.71. The first-order valence-corrected chi connectivity index (χ1v) is 5.91. The van der Waals surface area contributed by atoms with E-state index in [4.69, 9.17) is 15.2 Å². The Balaban J connectivity index is 0.00000400. The van der Waals surface area contributed by atoms with Crippen molar-refractivity contribution in [2.75, 3.05) is 20.8 Å². The molecule has 0 fully saturated rings. The Bertz CT molecular complexity index is 485. The number of esters is 1. The minimum Gasteiger partial charge on any atom is -0.493 e. The Morgan fingerprint density at radius 3 is 2.43 bits per heavy atom. The zero-order valence-corrected chi connectivity index (χ0v) is 12.7. The standard InChI is InChI=1S/C13H17F2NO4.ClH/c1-4-20-12(17)13(14,15)11(16)8-6-5-7-9(18-2)10(8)19-3;/h5-7,11H,4,16H2,1-3H3;1H/t11-;/m0./s1. The highest BCUT2D eigenvalue weighted by Crippen LogP contribution is 2.39. The number of benzene rings is 1. The van der Waals surface area contributed by atoms with E-state index in [2.05, 4.69) is 4.74 Å². The normalized spacial score (nSPS) is 12.1. The van der Waals surface area contributed by atoms with Gasteiger partial charge in [-0.05, 0) is 13.0 Å². The summed E-state index contributed by atoms with van der Waals surface area (Å²) in [4.78, 5) is 11.3. The molecule has 0 aromatic heterocycles. The van der Waals surface area contributed by atoms with Crippen molar-refractivity contribution in [1.82, 2.24) is 0 Å². The maximum atomic E-state index is 13.9. The van der Waals surface area contributed by atoms with Gasteiger partial charge >= 0.3 is 11.9 Å². The topological polar surface area (TPSA) is 70.8 Å². The van der Waals surface area contributed by atoms with Crippen LogP contribution in [-0.2, 0) is 9.53 Å². The van der Waals surface area contributed by atoms with Crippen LogP contribution in [0.25, 0.3) is 0 Å². The van der Waals surface area contributed by atoms with Crippen molar-refractivity contribution in [3.8, 4) is 11.5 Å². The van der Waals surface area contributed by atoms with Crippen LogP contribution in [0.1, 0.15) is 18.5 Å². The highest BCUT2D eigenvalue weighted by atomic mass is 35.5. The lowest BCUT2D eigenvalue weighted by Gasteiger charge is -2.24. The molecule has 0 unspecified atom stereocenters. The predicted molar refractivity (Wildman–Crippen MR) is 75.3 cm³/mol. The summed E-state index contributed by atoms with van der Waals surface area (Å²) in [5, 5.41) is 0. The van der Waals surface area contributed by atoms with E-state index in [1.165, 1.54) is 39.3 Å². The lowest BCUT2D eigenvalue weighted by atomic mass is 10.00. The molecule has 5 nitrogen and oxygen atoms in total. The van der Waals surface area contributed by atoms with Crippen LogP contribution >= 0.6 is 12.4 Å². The van der Waals surface area contributed by atoms with Gasteiger partial charge in [0.25, 0.3) is 0 Å². The lowest BCUT2D eigenvalue weighted by Crippen LogP contribution is -2.41. The Kier molecular flexibility index (Phi) is 7.38. The van der Waals surface area contributed by atoms with Gasteiger partial charge in [0.1, 0.15) is 6.04 Å². The molecule has 0 amide bonds. The highest BCUT2D eigenvalue weighted by molar-refractivity contribution is 5.85. The predicted octanol–water partition coefficient (Wildman–Crippen LogP) is 2.32. The average molecular weight is 326 g/mol. The molecule has 0 aliphatic heterocycles. The zero-order valence-electron chi connectivity index (χ0n) is 11.9. The van der Waals surface area contributed by atoms with E-state index < -0.39 is 17.9 Å². The van der Waals surface area contributed by atoms with Gasteiger partial charge in [0.15, 0.2) is 11.5 Å². The molecule has 1 atom stereocenters. The number of methoxy groups -OCH3 is 2. The molecular weight excluding hydrogens is 308 g/mol. The molecule has 1 aromatic carbocycles. The molecule has 0 bridgehead atoms. The second-order valence-electron chi connectivity index (χ2n) is 3.90. The second-order valence-corrected chi connectivity index (χ2v) is 3.90. The summed E-state index contributed by atoms with van der Waals surface area (Å²) in [6, 6.07) is 2.47. The molecule has 0 radical (unpaired) electrons. The smallest absolute Gasteiger partial charge is 0.379 e. The first-order valence-electron chi connectivity index (χ1n) is 5.91. The molecule has 8 heteroatoms. The number of carbonyl (C=O) groups excluding carboxylic acids is 1. The van der Waals surface area contributed by atoms with Crippen LogP contribution in [0.15, 0.2) is 18.2 Å². The average Bonchev–Trinajstić information content (AvgIpc) is 2.45. The first-order chi connectivity index (χ1) is 9.39. The number of rotatable bonds is 6. The van der Waals surface area contributed by atoms with Crippen LogP contribution in [0, 0.1) is 0 Å². The largest absolute Gasteiger partial charge is 0.493 e. The Hall–Kier alpha value is -1.60. The minimum absolute atomic E-state index is 0. The van der Waals surface area contributed by atoms with E-state index in [0.29, 0.717) is 0 Å². The lowest BCUT2D eigenvalue weighted by molar-refractivity contribution is -0.174. The third kappa shape index (κ3) is 3.95. The monoisotopic (exact) mass is 325 g/mol. The molecule has 0 saturated carbocycles. The van der Waals surface area contributed by atoms with Crippen molar-refractivity contribution < 1.29 is 27.8 Å². The maximum absolute atomic E-state index is 13.9. The van der Waals surface area contributed by atoms with Crippen molar-refractivity contribution in [1.29, 1.82) is 0 Å². The van der Waals surface area contributed by atoms with Crippen molar-refractivity contribution in [2.45, 2.75) is 18.9 Å². The van der Waals surface area contributed by atoms with Crippen LogP contribution in [0.4, 0.5) is 8.78 Å². The zero-order chi connectivity index (χ0) is 15.3. The quantitative estimate of drug-likeness (QED) is 0.813. The summed E-state index contributed by atoms with van der Waals surface area (Å²) < 4.78 is 42.3. The summed E-state index contributed by atoms with van der Waals surface area (Å²) in [6.07, 6.45) is 0. The van der Waals surface area contributed by atoms with Gasteiger partial charge in [0, 0.05) is 5.56 Å². The van der Waals surface area contributed by atoms with Crippen LogP contribution in [0.2, 0.25) is 0 Å². The van der Waals surface area contributed by atoms with Gasteiger partial charge in [-0.1, -0.05) is 12.1 Å². The molecule has 2 N–H and O–H groups in total. The second kappa shape index (κ2) is 7.99. The van der Waals surface area contributed by atoms with E-state index in [-0.39, 0.29) is 36.1 Å². The minimum atomic E-state index is -3.87. The van der Waals surface area contributed by atoms with Gasteiger partial charge in [-0.15, -0.1) is 12.4 Å². The molecule has 0 heterocycles. The van der Waals surface area contributed by atoms with Gasteiger partial charge in [-0.3, -0.25) is 0 Å². The molecule has 0 spiro atoms. The molecule has 1 aromatic rings. The third-order valence-electron chi connectivity index (χ3n) is 2.71.